The van der Waals surface area contributed by atoms with E-state index in [1.165, 1.54) is 14.7 Å². The van der Waals surface area contributed by atoms with Crippen LogP contribution < -0.4 is 0 Å². The molecule has 0 aromatic heterocycles. The van der Waals surface area contributed by atoms with Crippen molar-refractivity contribution in [3.05, 3.63) is 68.3 Å². The highest BCUT2D eigenvalue weighted by atomic mass is 127. The zero-order valence-electron chi connectivity index (χ0n) is 9.94. The Morgan fingerprint density at radius 3 is 1.94 bits per heavy atom. The van der Waals surface area contributed by atoms with E-state index in [1.807, 2.05) is 36.4 Å². The molecular weight excluding hydrogens is 323 g/mol. The van der Waals surface area contributed by atoms with Crippen LogP contribution in [-0.4, -0.2) is 5.11 Å². The number of halogens is 1. The van der Waals surface area contributed by atoms with Crippen LogP contribution in [0.2, 0.25) is 0 Å². The minimum absolute atomic E-state index is 0.536. The van der Waals surface area contributed by atoms with Gasteiger partial charge in [0.05, 0.1) is 0 Å². The molecule has 1 nitrogen and oxygen atoms in total. The monoisotopic (exact) mass is 338 g/mol. The second kappa shape index (κ2) is 5.19. The van der Waals surface area contributed by atoms with Crippen LogP contribution in [0.25, 0.3) is 0 Å². The summed E-state index contributed by atoms with van der Waals surface area (Å²) >= 11 is 2.26. The normalized spacial score (nSPS) is 12.5. The maximum absolute atomic E-state index is 10.3. The maximum Gasteiger partial charge on any atom is 0.104 e. The zero-order chi connectivity index (χ0) is 12.4. The topological polar surface area (TPSA) is 20.2 Å². The van der Waals surface area contributed by atoms with Crippen LogP contribution >= 0.6 is 22.6 Å². The third kappa shape index (κ3) is 3.07. The predicted octanol–water partition coefficient (Wildman–Crippen LogP) is 3.99. The summed E-state index contributed by atoms with van der Waals surface area (Å²) in [5.41, 5.74) is 4.27. The van der Waals surface area contributed by atoms with Gasteiger partial charge in [0, 0.05) is 3.57 Å². The molecule has 88 valence electrons. The molecule has 0 saturated carbocycles. The fraction of sp³-hybridized carbons (Fsp3) is 0.200. The molecule has 0 amide bonds. The lowest BCUT2D eigenvalue weighted by atomic mass is 9.98. The standard InChI is InChI=1S/C15H15IO/c1-10-7-11(2)9-13(8-10)15(17)12-3-5-14(16)6-4-12/h3-9,15,17H,1-2H3. The number of hydrogen-bond donors (Lipinski definition) is 1. The predicted molar refractivity (Wildman–Crippen MR) is 79.1 cm³/mol. The van der Waals surface area contributed by atoms with E-state index in [1.54, 1.807) is 0 Å². The maximum atomic E-state index is 10.3. The van der Waals surface area contributed by atoms with E-state index >= 15 is 0 Å². The summed E-state index contributed by atoms with van der Waals surface area (Å²) in [6, 6.07) is 14.2. The highest BCUT2D eigenvalue weighted by Gasteiger charge is 2.10. The molecule has 1 atom stereocenters. The van der Waals surface area contributed by atoms with Crippen LogP contribution in [-0.2, 0) is 0 Å². The van der Waals surface area contributed by atoms with Crippen LogP contribution in [0.1, 0.15) is 28.4 Å². The van der Waals surface area contributed by atoms with Crippen molar-refractivity contribution in [2.45, 2.75) is 20.0 Å². The number of rotatable bonds is 2. The van der Waals surface area contributed by atoms with Crippen LogP contribution in [0, 0.1) is 17.4 Å². The Labute approximate surface area is 116 Å². The first-order chi connectivity index (χ1) is 8.06. The zero-order valence-corrected chi connectivity index (χ0v) is 12.1. The van der Waals surface area contributed by atoms with Crippen LogP contribution in [0.4, 0.5) is 0 Å². The van der Waals surface area contributed by atoms with Crippen molar-refractivity contribution in [3.63, 3.8) is 0 Å². The van der Waals surface area contributed by atoms with Crippen LogP contribution in [0.3, 0.4) is 0 Å². The van der Waals surface area contributed by atoms with Crippen molar-refractivity contribution in [2.24, 2.45) is 0 Å². The molecule has 2 aromatic rings. The minimum Gasteiger partial charge on any atom is -0.384 e. The molecule has 0 aliphatic carbocycles. The van der Waals surface area contributed by atoms with Crippen molar-refractivity contribution >= 4 is 22.6 Å². The van der Waals surface area contributed by atoms with Gasteiger partial charge in [0.1, 0.15) is 6.10 Å². The Balaban J connectivity index is 2.36. The van der Waals surface area contributed by atoms with Gasteiger partial charge in [-0.25, -0.2) is 0 Å². The van der Waals surface area contributed by atoms with E-state index in [0.717, 1.165) is 11.1 Å². The molecule has 0 heterocycles. The van der Waals surface area contributed by atoms with Gasteiger partial charge >= 0.3 is 0 Å². The summed E-state index contributed by atoms with van der Waals surface area (Å²) < 4.78 is 1.18. The summed E-state index contributed by atoms with van der Waals surface area (Å²) in [7, 11) is 0. The molecule has 1 N–H and O–H groups in total. The lowest BCUT2D eigenvalue weighted by Crippen LogP contribution is -2.00. The molecule has 0 fully saturated rings. The van der Waals surface area contributed by atoms with E-state index in [-0.39, 0.29) is 0 Å². The van der Waals surface area contributed by atoms with Gasteiger partial charge in [-0.3, -0.25) is 0 Å². The average molecular weight is 338 g/mol. The van der Waals surface area contributed by atoms with Crippen molar-refractivity contribution in [3.8, 4) is 0 Å². The first kappa shape index (κ1) is 12.6. The summed E-state index contributed by atoms with van der Waals surface area (Å²) in [5.74, 6) is 0. The van der Waals surface area contributed by atoms with Gasteiger partial charge in [0.15, 0.2) is 0 Å². The number of aryl methyl sites for hydroxylation is 2. The van der Waals surface area contributed by atoms with Crippen LogP contribution in [0.5, 0.6) is 0 Å². The van der Waals surface area contributed by atoms with Gasteiger partial charge in [-0.15, -0.1) is 0 Å². The first-order valence-electron chi connectivity index (χ1n) is 5.58. The van der Waals surface area contributed by atoms with Crippen molar-refractivity contribution in [1.82, 2.24) is 0 Å². The second-order valence-corrected chi connectivity index (χ2v) is 5.62. The van der Waals surface area contributed by atoms with E-state index in [0.29, 0.717) is 0 Å². The number of aliphatic hydroxyl groups excluding tert-OH is 1. The van der Waals surface area contributed by atoms with Crippen molar-refractivity contribution in [1.29, 1.82) is 0 Å². The number of hydrogen-bond acceptors (Lipinski definition) is 1. The lowest BCUT2D eigenvalue weighted by Gasteiger charge is -2.13. The molecule has 17 heavy (non-hydrogen) atoms. The molecule has 0 aliphatic heterocycles. The molecule has 2 aromatic carbocycles. The van der Waals surface area contributed by atoms with Crippen molar-refractivity contribution in [2.75, 3.05) is 0 Å². The Morgan fingerprint density at radius 1 is 0.882 bits per heavy atom. The SMILES string of the molecule is Cc1cc(C)cc(C(O)c2ccc(I)cc2)c1. The molecule has 2 rings (SSSR count). The molecule has 0 saturated heterocycles. The smallest absolute Gasteiger partial charge is 0.104 e. The Hall–Kier alpha value is -0.870. The van der Waals surface area contributed by atoms with E-state index in [2.05, 4.69) is 42.5 Å². The van der Waals surface area contributed by atoms with Gasteiger partial charge in [0.25, 0.3) is 0 Å². The highest BCUT2D eigenvalue weighted by molar-refractivity contribution is 14.1. The van der Waals surface area contributed by atoms with Gasteiger partial charge in [-0.2, -0.15) is 0 Å². The van der Waals surface area contributed by atoms with Gasteiger partial charge in [-0.1, -0.05) is 41.5 Å². The van der Waals surface area contributed by atoms with Gasteiger partial charge < -0.3 is 5.11 Å². The summed E-state index contributed by atoms with van der Waals surface area (Å²) in [5, 5.41) is 10.3. The summed E-state index contributed by atoms with van der Waals surface area (Å²) in [6.45, 7) is 4.11. The summed E-state index contributed by atoms with van der Waals surface area (Å²) in [6.07, 6.45) is -0.536. The van der Waals surface area contributed by atoms with Crippen LogP contribution in [0.15, 0.2) is 42.5 Å². The molecule has 0 spiro atoms. The van der Waals surface area contributed by atoms with Gasteiger partial charge in [-0.05, 0) is 59.7 Å². The molecule has 0 aliphatic rings. The fourth-order valence-electron chi connectivity index (χ4n) is 2.01. The summed E-state index contributed by atoms with van der Waals surface area (Å²) in [4.78, 5) is 0. The second-order valence-electron chi connectivity index (χ2n) is 4.38. The third-order valence-corrected chi connectivity index (χ3v) is 3.46. The molecular formula is C15H15IO. The highest BCUT2D eigenvalue weighted by Crippen LogP contribution is 2.24. The Bertz CT molecular complexity index is 497. The van der Waals surface area contributed by atoms with E-state index in [4.69, 9.17) is 0 Å². The minimum atomic E-state index is -0.536. The van der Waals surface area contributed by atoms with E-state index in [9.17, 15) is 5.11 Å². The Kier molecular flexibility index (Phi) is 3.84. The third-order valence-electron chi connectivity index (χ3n) is 2.75. The fourth-order valence-corrected chi connectivity index (χ4v) is 2.36. The van der Waals surface area contributed by atoms with Gasteiger partial charge in [0.2, 0.25) is 0 Å². The van der Waals surface area contributed by atoms with Crippen molar-refractivity contribution < 1.29 is 5.11 Å². The number of benzene rings is 2. The first-order valence-corrected chi connectivity index (χ1v) is 6.66. The molecule has 2 heteroatoms. The quantitative estimate of drug-likeness (QED) is 0.821. The average Bonchev–Trinajstić information content (AvgIpc) is 2.28. The number of aliphatic hydroxyl groups is 1. The van der Waals surface area contributed by atoms with E-state index < -0.39 is 6.10 Å². The molecule has 0 bridgehead atoms. The lowest BCUT2D eigenvalue weighted by molar-refractivity contribution is 0.220. The largest absolute Gasteiger partial charge is 0.384 e. The molecule has 0 radical (unpaired) electrons. The Morgan fingerprint density at radius 2 is 1.41 bits per heavy atom. The molecule has 1 unspecified atom stereocenters.